The highest BCUT2D eigenvalue weighted by Crippen LogP contribution is 2.63. The van der Waals surface area contributed by atoms with Gasteiger partial charge >= 0.3 is 0 Å². The molecular weight excluding hydrogens is 346 g/mol. The molecule has 3 nitrogen and oxygen atoms in total. The zero-order chi connectivity index (χ0) is 19.9. The van der Waals surface area contributed by atoms with Crippen molar-refractivity contribution < 1.29 is 9.84 Å². The molecule has 0 spiro atoms. The van der Waals surface area contributed by atoms with Crippen molar-refractivity contribution in [2.24, 2.45) is 23.2 Å². The van der Waals surface area contributed by atoms with Crippen molar-refractivity contribution in [3.63, 3.8) is 0 Å². The average Bonchev–Trinajstić information content (AvgIpc) is 2.97. The molecule has 0 amide bonds. The number of hydrogen-bond acceptors (Lipinski definition) is 3. The average molecular weight is 384 g/mol. The number of allylic oxidation sites excluding steroid dienone is 1. The summed E-state index contributed by atoms with van der Waals surface area (Å²) in [5.41, 5.74) is 4.92. The predicted octanol–water partition coefficient (Wildman–Crippen LogP) is 5.00. The van der Waals surface area contributed by atoms with Crippen molar-refractivity contribution in [3.8, 4) is 5.75 Å². The quantitative estimate of drug-likeness (QED) is 0.574. The molecule has 2 saturated carbocycles. The van der Waals surface area contributed by atoms with Crippen LogP contribution in [0.25, 0.3) is 0 Å². The lowest BCUT2D eigenvalue weighted by atomic mass is 9.52. The molecule has 4 rings (SSSR count). The van der Waals surface area contributed by atoms with E-state index in [2.05, 4.69) is 45.0 Å². The van der Waals surface area contributed by atoms with Crippen LogP contribution in [-0.4, -0.2) is 43.9 Å². The third-order valence-electron chi connectivity index (χ3n) is 8.04. The normalized spacial score (nSPS) is 35.7. The summed E-state index contributed by atoms with van der Waals surface area (Å²) in [6.45, 7) is 7.53. The number of hydrogen-bond donors (Lipinski definition) is 1. The van der Waals surface area contributed by atoms with Gasteiger partial charge in [0.25, 0.3) is 0 Å². The second kappa shape index (κ2) is 7.84. The third kappa shape index (κ3) is 3.52. The summed E-state index contributed by atoms with van der Waals surface area (Å²) >= 11 is 0. The zero-order valence-electron chi connectivity index (χ0n) is 18.1. The van der Waals surface area contributed by atoms with Gasteiger partial charge in [0.05, 0.1) is 13.2 Å². The molecular formula is C25H37NO2. The SMILES string of the molecule is C[C@@H]1Cc2cc(O)ccc2C2CCC3(C)C(=CCOCCN(C)C)CCC3C21. The van der Waals surface area contributed by atoms with Gasteiger partial charge in [0, 0.05) is 6.54 Å². The van der Waals surface area contributed by atoms with Crippen LogP contribution in [0.1, 0.15) is 56.6 Å². The van der Waals surface area contributed by atoms with E-state index in [0.717, 1.165) is 38.0 Å². The summed E-state index contributed by atoms with van der Waals surface area (Å²) in [5.74, 6) is 3.35. The minimum atomic E-state index is 0.356. The molecule has 0 bridgehead atoms. The van der Waals surface area contributed by atoms with E-state index >= 15 is 0 Å². The molecule has 28 heavy (non-hydrogen) atoms. The Hall–Kier alpha value is -1.32. The van der Waals surface area contributed by atoms with E-state index in [9.17, 15) is 5.11 Å². The van der Waals surface area contributed by atoms with E-state index in [1.54, 1.807) is 5.57 Å². The fourth-order valence-electron chi connectivity index (χ4n) is 6.64. The van der Waals surface area contributed by atoms with Crippen molar-refractivity contribution in [1.82, 2.24) is 4.90 Å². The summed E-state index contributed by atoms with van der Waals surface area (Å²) in [7, 11) is 4.18. The Balaban J connectivity index is 1.50. The number of aromatic hydroxyl groups is 1. The number of phenolic OH excluding ortho intramolecular Hbond substituents is 1. The maximum atomic E-state index is 9.93. The van der Waals surface area contributed by atoms with Gasteiger partial charge < -0.3 is 14.7 Å². The number of likely N-dealkylation sites (N-methyl/N-ethyl adjacent to an activating group) is 1. The Morgan fingerprint density at radius 1 is 1.29 bits per heavy atom. The largest absolute Gasteiger partial charge is 0.508 e. The highest BCUT2D eigenvalue weighted by Gasteiger charge is 2.54. The van der Waals surface area contributed by atoms with Crippen LogP contribution >= 0.6 is 0 Å². The molecule has 0 saturated heterocycles. The topological polar surface area (TPSA) is 32.7 Å². The molecule has 3 heteroatoms. The van der Waals surface area contributed by atoms with Crippen LogP contribution in [0.2, 0.25) is 0 Å². The molecule has 3 aliphatic carbocycles. The Bertz CT molecular complexity index is 740. The zero-order valence-corrected chi connectivity index (χ0v) is 18.1. The number of rotatable bonds is 5. The van der Waals surface area contributed by atoms with Gasteiger partial charge in [0.15, 0.2) is 0 Å². The third-order valence-corrected chi connectivity index (χ3v) is 8.04. The second-order valence-electron chi connectivity index (χ2n) is 9.96. The number of nitrogens with zero attached hydrogens (tertiary/aromatic N) is 1. The Morgan fingerprint density at radius 2 is 2.11 bits per heavy atom. The van der Waals surface area contributed by atoms with E-state index in [1.807, 2.05) is 12.1 Å². The van der Waals surface area contributed by atoms with Crippen molar-refractivity contribution in [2.75, 3.05) is 33.9 Å². The van der Waals surface area contributed by atoms with Crippen molar-refractivity contribution in [1.29, 1.82) is 0 Å². The second-order valence-corrected chi connectivity index (χ2v) is 9.96. The number of benzene rings is 1. The molecule has 4 unspecified atom stereocenters. The van der Waals surface area contributed by atoms with E-state index in [4.69, 9.17) is 4.74 Å². The van der Waals surface area contributed by atoms with Crippen LogP contribution in [0.3, 0.4) is 0 Å². The molecule has 1 N–H and O–H groups in total. The first-order valence-electron chi connectivity index (χ1n) is 11.1. The van der Waals surface area contributed by atoms with Gasteiger partial charge in [-0.2, -0.15) is 0 Å². The highest BCUT2D eigenvalue weighted by atomic mass is 16.5. The van der Waals surface area contributed by atoms with Crippen molar-refractivity contribution in [2.45, 2.75) is 51.9 Å². The van der Waals surface area contributed by atoms with E-state index in [-0.39, 0.29) is 0 Å². The molecule has 0 radical (unpaired) electrons. The first kappa shape index (κ1) is 20.0. The Labute approximate surface area is 170 Å². The number of ether oxygens (including phenoxy) is 1. The molecule has 154 valence electrons. The van der Waals surface area contributed by atoms with Crippen LogP contribution in [0.4, 0.5) is 0 Å². The van der Waals surface area contributed by atoms with Crippen molar-refractivity contribution >= 4 is 0 Å². The Morgan fingerprint density at radius 3 is 2.89 bits per heavy atom. The van der Waals surface area contributed by atoms with Crippen molar-refractivity contribution in [3.05, 3.63) is 41.0 Å². The smallest absolute Gasteiger partial charge is 0.115 e. The van der Waals surface area contributed by atoms with Gasteiger partial charge in [0.1, 0.15) is 5.75 Å². The van der Waals surface area contributed by atoms with Crippen LogP contribution in [0.15, 0.2) is 29.8 Å². The van der Waals surface area contributed by atoms with Gasteiger partial charge in [-0.15, -0.1) is 0 Å². The molecule has 0 heterocycles. The highest BCUT2D eigenvalue weighted by molar-refractivity contribution is 5.41. The molecule has 1 aromatic carbocycles. The lowest BCUT2D eigenvalue weighted by Gasteiger charge is -2.52. The van der Waals surface area contributed by atoms with Gasteiger partial charge in [-0.05, 0) is 98.5 Å². The van der Waals surface area contributed by atoms with Crippen LogP contribution in [-0.2, 0) is 11.2 Å². The van der Waals surface area contributed by atoms with Crippen LogP contribution < -0.4 is 0 Å². The van der Waals surface area contributed by atoms with Crippen LogP contribution in [0, 0.1) is 23.2 Å². The van der Waals surface area contributed by atoms with E-state index in [0.29, 0.717) is 23.0 Å². The molecule has 0 aromatic heterocycles. The van der Waals surface area contributed by atoms with Gasteiger partial charge in [-0.1, -0.05) is 31.6 Å². The number of phenols is 1. The molecule has 5 atom stereocenters. The standard InChI is InChI=1S/C25H37NO2/c1-17-15-18-16-20(27)6-7-21(18)22-9-11-25(2)19(5-8-23(25)24(17)22)10-13-28-14-12-26(3)4/h6-7,10,16-17,22-24,27H,5,8-9,11-15H2,1-4H3/t17-,22?,23?,24?,25?/m1/s1. The molecule has 1 aromatic rings. The fourth-order valence-corrected chi connectivity index (χ4v) is 6.64. The first-order chi connectivity index (χ1) is 13.4. The predicted molar refractivity (Wildman–Crippen MR) is 115 cm³/mol. The first-order valence-corrected chi connectivity index (χ1v) is 11.1. The summed E-state index contributed by atoms with van der Waals surface area (Å²) in [6, 6.07) is 6.12. The minimum Gasteiger partial charge on any atom is -0.508 e. The monoisotopic (exact) mass is 383 g/mol. The molecule has 2 fully saturated rings. The summed E-state index contributed by atoms with van der Waals surface area (Å²) < 4.78 is 5.87. The Kier molecular flexibility index (Phi) is 5.59. The van der Waals surface area contributed by atoms with Gasteiger partial charge in [-0.25, -0.2) is 0 Å². The summed E-state index contributed by atoms with van der Waals surface area (Å²) in [4.78, 5) is 2.17. The van der Waals surface area contributed by atoms with E-state index in [1.165, 1.54) is 36.8 Å². The molecule has 0 aliphatic heterocycles. The number of fused-ring (bicyclic) bond motifs is 5. The minimum absolute atomic E-state index is 0.356. The van der Waals surface area contributed by atoms with Crippen LogP contribution in [0.5, 0.6) is 5.75 Å². The maximum Gasteiger partial charge on any atom is 0.115 e. The lowest BCUT2D eigenvalue weighted by molar-refractivity contribution is 0.0484. The maximum absolute atomic E-state index is 9.93. The lowest BCUT2D eigenvalue weighted by Crippen LogP contribution is -2.43. The van der Waals surface area contributed by atoms with Gasteiger partial charge in [-0.3, -0.25) is 0 Å². The summed E-state index contributed by atoms with van der Waals surface area (Å²) in [6.07, 6.45) is 8.67. The summed E-state index contributed by atoms with van der Waals surface area (Å²) in [5, 5.41) is 9.93. The fraction of sp³-hybridized carbons (Fsp3) is 0.680. The van der Waals surface area contributed by atoms with Gasteiger partial charge in [0.2, 0.25) is 0 Å². The molecule has 3 aliphatic rings. The van der Waals surface area contributed by atoms with E-state index < -0.39 is 0 Å².